The molecule has 1 aliphatic heterocycles. The van der Waals surface area contributed by atoms with Crippen LogP contribution < -0.4 is 4.57 Å². The zero-order valence-electron chi connectivity index (χ0n) is 7.04. The second-order valence-corrected chi connectivity index (χ2v) is 3.26. The molecule has 0 amide bonds. The van der Waals surface area contributed by atoms with Crippen molar-refractivity contribution < 1.29 is 4.57 Å². The molecule has 0 fully saturated rings. The molecule has 0 saturated heterocycles. The van der Waals surface area contributed by atoms with E-state index in [1.165, 1.54) is 11.3 Å². The van der Waals surface area contributed by atoms with Gasteiger partial charge in [0, 0.05) is 18.2 Å². The lowest BCUT2D eigenvalue weighted by atomic mass is 10.2. The first-order valence-electron chi connectivity index (χ1n) is 3.92. The van der Waals surface area contributed by atoms with Crippen molar-refractivity contribution in [3.8, 4) is 0 Å². The fraction of sp³-hybridized carbons (Fsp3) is 0.444. The second-order valence-electron chi connectivity index (χ2n) is 3.26. The average Bonchev–Trinajstić information content (AvgIpc) is 2.31. The average molecular weight is 149 g/mol. The van der Waals surface area contributed by atoms with Gasteiger partial charge in [0.05, 0.1) is 6.54 Å². The third-order valence-corrected chi connectivity index (χ3v) is 2.26. The van der Waals surface area contributed by atoms with Crippen LogP contribution in [0, 0.1) is 0 Å². The van der Waals surface area contributed by atoms with Gasteiger partial charge in [0.1, 0.15) is 7.05 Å². The van der Waals surface area contributed by atoms with Crippen LogP contribution in [0.4, 0.5) is 0 Å². The van der Waals surface area contributed by atoms with E-state index >= 15 is 0 Å². The van der Waals surface area contributed by atoms with Gasteiger partial charge in [0.25, 0.3) is 0 Å². The number of aryl methyl sites for hydroxylation is 1. The first-order chi connectivity index (χ1) is 5.27. The van der Waals surface area contributed by atoms with Gasteiger partial charge in [0.2, 0.25) is 0 Å². The van der Waals surface area contributed by atoms with E-state index < -0.39 is 0 Å². The summed E-state index contributed by atoms with van der Waals surface area (Å²) in [5.41, 5.74) is 2.92. The normalized spacial score (nSPS) is 16.9. The summed E-state index contributed by atoms with van der Waals surface area (Å²) in [5, 5.41) is 0. The van der Waals surface area contributed by atoms with Crippen LogP contribution >= 0.6 is 0 Å². The summed E-state index contributed by atoms with van der Waals surface area (Å²) in [6.45, 7) is 2.19. The summed E-state index contributed by atoms with van der Waals surface area (Å²) in [5.74, 6) is 0. The Morgan fingerprint density at radius 1 is 1.45 bits per heavy atom. The van der Waals surface area contributed by atoms with Crippen LogP contribution in [-0.2, 0) is 20.1 Å². The van der Waals surface area contributed by atoms with Crippen LogP contribution in [0.3, 0.4) is 0 Å². The number of aromatic nitrogens is 1. The molecular formula is C9H13N2+. The smallest absolute Gasteiger partial charge is 0.199 e. The van der Waals surface area contributed by atoms with Gasteiger partial charge in [-0.1, -0.05) is 0 Å². The molecule has 2 nitrogen and oxygen atoms in total. The second kappa shape index (κ2) is 2.31. The van der Waals surface area contributed by atoms with E-state index in [9.17, 15) is 0 Å². The fourth-order valence-corrected chi connectivity index (χ4v) is 1.66. The summed E-state index contributed by atoms with van der Waals surface area (Å²) in [4.78, 5) is 2.32. The number of hydrogen-bond donors (Lipinski definition) is 0. The molecule has 1 aromatic rings. The molecule has 0 aliphatic carbocycles. The Kier molecular flexibility index (Phi) is 1.43. The molecule has 1 aliphatic rings. The summed E-state index contributed by atoms with van der Waals surface area (Å²) < 4.78 is 2.21. The Labute approximate surface area is 67.1 Å². The zero-order chi connectivity index (χ0) is 7.84. The molecule has 0 bridgehead atoms. The Hall–Kier alpha value is -0.890. The fourth-order valence-electron chi connectivity index (χ4n) is 1.66. The molecule has 58 valence electrons. The van der Waals surface area contributed by atoms with Crippen LogP contribution in [0.15, 0.2) is 18.3 Å². The Morgan fingerprint density at radius 2 is 2.27 bits per heavy atom. The summed E-state index contributed by atoms with van der Waals surface area (Å²) in [6, 6.07) is 4.32. The van der Waals surface area contributed by atoms with Gasteiger partial charge in [-0.05, 0) is 13.1 Å². The molecule has 2 heteroatoms. The van der Waals surface area contributed by atoms with E-state index in [4.69, 9.17) is 0 Å². The SMILES string of the molecule is CN1Cc2ccc[n+](C)c2C1. The van der Waals surface area contributed by atoms with Gasteiger partial charge in [-0.3, -0.25) is 4.90 Å². The maximum Gasteiger partial charge on any atom is 0.199 e. The van der Waals surface area contributed by atoms with Crippen molar-refractivity contribution in [1.29, 1.82) is 0 Å². The summed E-state index contributed by atoms with van der Waals surface area (Å²) >= 11 is 0. The van der Waals surface area contributed by atoms with Crippen molar-refractivity contribution in [1.82, 2.24) is 4.90 Å². The maximum absolute atomic E-state index is 2.32. The highest BCUT2D eigenvalue weighted by Crippen LogP contribution is 2.16. The Balaban J connectivity index is 2.49. The van der Waals surface area contributed by atoms with Crippen LogP contribution in [0.25, 0.3) is 0 Å². The first kappa shape index (κ1) is 6.80. The topological polar surface area (TPSA) is 7.12 Å². The van der Waals surface area contributed by atoms with Gasteiger partial charge in [-0.25, -0.2) is 4.57 Å². The minimum Gasteiger partial charge on any atom is -0.292 e. The predicted molar refractivity (Wildman–Crippen MR) is 42.8 cm³/mol. The van der Waals surface area contributed by atoms with Crippen molar-refractivity contribution in [3.63, 3.8) is 0 Å². The lowest BCUT2D eigenvalue weighted by Crippen LogP contribution is -2.33. The zero-order valence-corrected chi connectivity index (χ0v) is 7.04. The number of nitrogens with zero attached hydrogens (tertiary/aromatic N) is 2. The molecule has 0 N–H and O–H groups in total. The Bertz CT molecular complexity index is 281. The highest BCUT2D eigenvalue weighted by Gasteiger charge is 2.22. The van der Waals surface area contributed by atoms with E-state index in [-0.39, 0.29) is 0 Å². The molecular weight excluding hydrogens is 136 g/mol. The minimum absolute atomic E-state index is 1.09. The van der Waals surface area contributed by atoms with Crippen LogP contribution in [0.2, 0.25) is 0 Å². The molecule has 11 heavy (non-hydrogen) atoms. The highest BCUT2D eigenvalue weighted by atomic mass is 15.1. The van der Waals surface area contributed by atoms with Crippen molar-refractivity contribution in [2.75, 3.05) is 7.05 Å². The minimum atomic E-state index is 1.09. The van der Waals surface area contributed by atoms with Gasteiger partial charge in [-0.2, -0.15) is 0 Å². The van der Waals surface area contributed by atoms with Crippen LogP contribution in [-0.4, -0.2) is 11.9 Å². The molecule has 0 spiro atoms. The van der Waals surface area contributed by atoms with Gasteiger partial charge in [-0.15, -0.1) is 0 Å². The maximum atomic E-state index is 2.32. The molecule has 0 unspecified atom stereocenters. The monoisotopic (exact) mass is 149 g/mol. The molecule has 2 rings (SSSR count). The molecule has 0 atom stereocenters. The molecule has 1 aromatic heterocycles. The van der Waals surface area contributed by atoms with E-state index in [0.29, 0.717) is 0 Å². The lowest BCUT2D eigenvalue weighted by molar-refractivity contribution is -0.679. The van der Waals surface area contributed by atoms with Crippen molar-refractivity contribution >= 4 is 0 Å². The first-order valence-corrected chi connectivity index (χ1v) is 3.92. The van der Waals surface area contributed by atoms with Crippen LogP contribution in [0.1, 0.15) is 11.3 Å². The largest absolute Gasteiger partial charge is 0.292 e. The number of pyridine rings is 1. The summed E-state index contributed by atoms with van der Waals surface area (Å²) in [7, 11) is 4.26. The van der Waals surface area contributed by atoms with E-state index in [1.807, 2.05) is 0 Å². The number of fused-ring (bicyclic) bond motifs is 1. The highest BCUT2D eigenvalue weighted by molar-refractivity contribution is 5.19. The molecule has 0 saturated carbocycles. The van der Waals surface area contributed by atoms with Crippen molar-refractivity contribution in [3.05, 3.63) is 29.6 Å². The van der Waals surface area contributed by atoms with E-state index in [2.05, 4.69) is 41.9 Å². The number of rotatable bonds is 0. The molecule has 0 aromatic carbocycles. The van der Waals surface area contributed by atoms with E-state index in [1.54, 1.807) is 0 Å². The standard InChI is InChI=1S/C9H13N2/c1-10-6-8-4-3-5-11(2)9(8)7-10/h3-5H,6-7H2,1-2H3/q+1. The Morgan fingerprint density at radius 3 is 3.00 bits per heavy atom. The third-order valence-electron chi connectivity index (χ3n) is 2.26. The predicted octanol–water partition coefficient (Wildman–Crippen LogP) is 0.456. The van der Waals surface area contributed by atoms with Crippen molar-refractivity contribution in [2.24, 2.45) is 7.05 Å². The van der Waals surface area contributed by atoms with Crippen LogP contribution in [0.5, 0.6) is 0 Å². The lowest BCUT2D eigenvalue weighted by Gasteiger charge is -2.00. The van der Waals surface area contributed by atoms with E-state index in [0.717, 1.165) is 13.1 Å². The molecule has 2 heterocycles. The van der Waals surface area contributed by atoms with Crippen molar-refractivity contribution in [2.45, 2.75) is 13.1 Å². The van der Waals surface area contributed by atoms with Gasteiger partial charge >= 0.3 is 0 Å². The quantitative estimate of drug-likeness (QED) is 0.486. The number of hydrogen-bond acceptors (Lipinski definition) is 1. The third kappa shape index (κ3) is 1.03. The van der Waals surface area contributed by atoms with Gasteiger partial charge < -0.3 is 0 Å². The summed E-state index contributed by atoms with van der Waals surface area (Å²) in [6.07, 6.45) is 2.11. The van der Waals surface area contributed by atoms with Gasteiger partial charge in [0.15, 0.2) is 11.9 Å². The molecule has 0 radical (unpaired) electrons.